The van der Waals surface area contributed by atoms with Crippen molar-refractivity contribution in [1.29, 1.82) is 0 Å². The molecule has 0 aromatic heterocycles. The van der Waals surface area contributed by atoms with E-state index in [2.05, 4.69) is 0 Å². The van der Waals surface area contributed by atoms with E-state index in [9.17, 15) is 21.6 Å². The topological polar surface area (TPSA) is 37.4 Å². The molecule has 3 nitrogen and oxygen atoms in total. The monoisotopic (exact) mass is 265 g/mol. The summed E-state index contributed by atoms with van der Waals surface area (Å²) in [7, 11) is -4.06. The number of benzene rings is 1. The van der Waals surface area contributed by atoms with Gasteiger partial charge in [0.2, 0.25) is 10.0 Å². The molecule has 1 aliphatic rings. The van der Waals surface area contributed by atoms with Gasteiger partial charge in [-0.1, -0.05) is 0 Å². The molecule has 0 spiro atoms. The molecule has 17 heavy (non-hydrogen) atoms. The molecule has 0 bridgehead atoms. The second-order valence-corrected chi connectivity index (χ2v) is 5.69. The van der Waals surface area contributed by atoms with Crippen molar-refractivity contribution in [1.82, 2.24) is 4.31 Å². The maximum absolute atomic E-state index is 13.4. The van der Waals surface area contributed by atoms with Crippen molar-refractivity contribution >= 4 is 10.0 Å². The molecule has 0 atom stereocenters. The minimum Gasteiger partial charge on any atom is -0.207 e. The van der Waals surface area contributed by atoms with Crippen molar-refractivity contribution in [3.8, 4) is 0 Å². The van der Waals surface area contributed by atoms with E-state index in [0.29, 0.717) is 18.9 Å². The molecule has 0 N–H and O–H groups in total. The standard InChI is InChI=1S/C10H10F3NO2S/c11-7-3-4-8(10(13)9(7)12)17(15,16)14-5-1-2-6-14/h3-4H,1-2,5-6H2. The first-order valence-corrected chi connectivity index (χ1v) is 6.52. The minimum absolute atomic E-state index is 0.279. The lowest BCUT2D eigenvalue weighted by atomic mass is 10.3. The predicted octanol–water partition coefficient (Wildman–Crippen LogP) is 1.89. The summed E-state index contributed by atoms with van der Waals surface area (Å²) in [6, 6.07) is 1.36. The first kappa shape index (κ1) is 12.4. The van der Waals surface area contributed by atoms with E-state index >= 15 is 0 Å². The highest BCUT2D eigenvalue weighted by Gasteiger charge is 2.31. The quantitative estimate of drug-likeness (QED) is 0.766. The van der Waals surface area contributed by atoms with E-state index in [-0.39, 0.29) is 13.1 Å². The van der Waals surface area contributed by atoms with Crippen LogP contribution in [0.4, 0.5) is 13.2 Å². The molecule has 0 saturated carbocycles. The normalized spacial score (nSPS) is 17.6. The van der Waals surface area contributed by atoms with Crippen LogP contribution in [0.25, 0.3) is 0 Å². The van der Waals surface area contributed by atoms with Crippen LogP contribution < -0.4 is 0 Å². The van der Waals surface area contributed by atoms with Gasteiger partial charge < -0.3 is 0 Å². The van der Waals surface area contributed by atoms with Crippen molar-refractivity contribution < 1.29 is 21.6 Å². The van der Waals surface area contributed by atoms with Gasteiger partial charge in [-0.05, 0) is 25.0 Å². The molecule has 7 heteroatoms. The molecular weight excluding hydrogens is 255 g/mol. The van der Waals surface area contributed by atoms with E-state index in [1.54, 1.807) is 0 Å². The highest BCUT2D eigenvalue weighted by Crippen LogP contribution is 2.25. The summed E-state index contributed by atoms with van der Waals surface area (Å²) in [5.74, 6) is -4.81. The van der Waals surface area contributed by atoms with Gasteiger partial charge in [0.05, 0.1) is 0 Å². The molecule has 1 aromatic carbocycles. The van der Waals surface area contributed by atoms with Gasteiger partial charge in [-0.3, -0.25) is 0 Å². The van der Waals surface area contributed by atoms with Crippen molar-refractivity contribution in [3.05, 3.63) is 29.6 Å². The van der Waals surface area contributed by atoms with Crippen molar-refractivity contribution in [3.63, 3.8) is 0 Å². The Morgan fingerprint density at radius 3 is 2.18 bits per heavy atom. The lowest BCUT2D eigenvalue weighted by Crippen LogP contribution is -2.28. The van der Waals surface area contributed by atoms with Gasteiger partial charge in [0.15, 0.2) is 17.5 Å². The molecule has 0 aliphatic carbocycles. The number of halogens is 3. The van der Waals surface area contributed by atoms with Gasteiger partial charge >= 0.3 is 0 Å². The zero-order chi connectivity index (χ0) is 12.6. The molecule has 1 saturated heterocycles. The predicted molar refractivity (Wildman–Crippen MR) is 54.3 cm³/mol. The second-order valence-electron chi connectivity index (χ2n) is 3.78. The molecule has 0 unspecified atom stereocenters. The number of nitrogens with zero attached hydrogens (tertiary/aromatic N) is 1. The van der Waals surface area contributed by atoms with Gasteiger partial charge in [0.25, 0.3) is 0 Å². The summed E-state index contributed by atoms with van der Waals surface area (Å²) in [5, 5.41) is 0. The third-order valence-corrected chi connectivity index (χ3v) is 4.60. The zero-order valence-corrected chi connectivity index (χ0v) is 9.61. The number of rotatable bonds is 2. The van der Waals surface area contributed by atoms with Gasteiger partial charge in [0, 0.05) is 13.1 Å². The molecular formula is C10H10F3NO2S. The van der Waals surface area contributed by atoms with Gasteiger partial charge in [-0.15, -0.1) is 0 Å². The van der Waals surface area contributed by atoms with E-state index in [1.807, 2.05) is 0 Å². The average Bonchev–Trinajstić information content (AvgIpc) is 2.79. The summed E-state index contributed by atoms with van der Waals surface area (Å²) >= 11 is 0. The Morgan fingerprint density at radius 2 is 1.59 bits per heavy atom. The lowest BCUT2D eigenvalue weighted by Gasteiger charge is -2.16. The molecule has 2 rings (SSSR count). The number of sulfonamides is 1. The summed E-state index contributed by atoms with van der Waals surface area (Å²) in [4.78, 5) is -0.807. The van der Waals surface area contributed by atoms with Crippen LogP contribution in [-0.2, 0) is 10.0 Å². The number of hydrogen-bond acceptors (Lipinski definition) is 2. The first-order valence-electron chi connectivity index (χ1n) is 5.08. The maximum atomic E-state index is 13.4. The Labute approximate surface area is 96.9 Å². The van der Waals surface area contributed by atoms with Gasteiger partial charge in [-0.25, -0.2) is 21.6 Å². The van der Waals surface area contributed by atoms with Gasteiger partial charge in [0.1, 0.15) is 4.90 Å². The Morgan fingerprint density at radius 1 is 1.00 bits per heavy atom. The Kier molecular flexibility index (Phi) is 3.13. The molecule has 1 fully saturated rings. The smallest absolute Gasteiger partial charge is 0.207 e. The highest BCUT2D eigenvalue weighted by molar-refractivity contribution is 7.89. The second kappa shape index (κ2) is 4.30. The Hall–Kier alpha value is -1.08. The third-order valence-electron chi connectivity index (χ3n) is 2.68. The van der Waals surface area contributed by atoms with Crippen molar-refractivity contribution in [2.24, 2.45) is 0 Å². The van der Waals surface area contributed by atoms with E-state index in [1.165, 1.54) is 0 Å². The van der Waals surface area contributed by atoms with Gasteiger partial charge in [-0.2, -0.15) is 4.31 Å². The van der Waals surface area contributed by atoms with Crippen LogP contribution in [0, 0.1) is 17.5 Å². The summed E-state index contributed by atoms with van der Waals surface area (Å²) in [6.07, 6.45) is 1.37. The fraction of sp³-hybridized carbons (Fsp3) is 0.400. The maximum Gasteiger partial charge on any atom is 0.246 e. The van der Waals surface area contributed by atoms with Crippen LogP contribution in [0.15, 0.2) is 17.0 Å². The molecule has 1 aromatic rings. The van der Waals surface area contributed by atoms with Crippen LogP contribution in [-0.4, -0.2) is 25.8 Å². The fourth-order valence-corrected chi connectivity index (χ4v) is 3.35. The lowest BCUT2D eigenvalue weighted by molar-refractivity contribution is 0.423. The van der Waals surface area contributed by atoms with E-state index < -0.39 is 32.4 Å². The highest BCUT2D eigenvalue weighted by atomic mass is 32.2. The molecule has 1 aliphatic heterocycles. The largest absolute Gasteiger partial charge is 0.246 e. The number of hydrogen-bond donors (Lipinski definition) is 0. The average molecular weight is 265 g/mol. The van der Waals surface area contributed by atoms with Crippen LogP contribution in [0.2, 0.25) is 0 Å². The minimum atomic E-state index is -4.06. The summed E-state index contributed by atoms with van der Waals surface area (Å²) in [5.41, 5.74) is 0. The fourth-order valence-electron chi connectivity index (χ4n) is 1.77. The Balaban J connectivity index is 2.50. The van der Waals surface area contributed by atoms with E-state index in [4.69, 9.17) is 0 Å². The third kappa shape index (κ3) is 2.04. The Bertz CT molecular complexity index is 539. The van der Waals surface area contributed by atoms with Crippen LogP contribution in [0.1, 0.15) is 12.8 Å². The van der Waals surface area contributed by atoms with Crippen molar-refractivity contribution in [2.45, 2.75) is 17.7 Å². The van der Waals surface area contributed by atoms with Crippen LogP contribution in [0.3, 0.4) is 0 Å². The first-order chi connectivity index (χ1) is 7.94. The van der Waals surface area contributed by atoms with E-state index in [0.717, 1.165) is 10.4 Å². The molecule has 0 amide bonds. The molecule has 94 valence electrons. The zero-order valence-electron chi connectivity index (χ0n) is 8.79. The van der Waals surface area contributed by atoms with Crippen LogP contribution in [0.5, 0.6) is 0 Å². The van der Waals surface area contributed by atoms with Crippen molar-refractivity contribution in [2.75, 3.05) is 13.1 Å². The summed E-state index contributed by atoms with van der Waals surface area (Å²) in [6.45, 7) is 0.557. The van der Waals surface area contributed by atoms with Crippen LogP contribution >= 0.6 is 0 Å². The molecule has 1 heterocycles. The SMILES string of the molecule is O=S(=O)(c1ccc(F)c(F)c1F)N1CCCC1. The summed E-state index contributed by atoms with van der Waals surface area (Å²) < 4.78 is 64.0. The molecule has 0 radical (unpaired) electrons.